The van der Waals surface area contributed by atoms with Crippen LogP contribution in [0.2, 0.25) is 0 Å². The average molecular weight is 341 g/mol. The average Bonchev–Trinajstić information content (AvgIpc) is 3.43. The smallest absolute Gasteiger partial charge is 0.227 e. The van der Waals surface area contributed by atoms with Crippen molar-refractivity contribution in [3.63, 3.8) is 0 Å². The summed E-state index contributed by atoms with van der Waals surface area (Å²) in [6.45, 7) is 4.39. The normalized spacial score (nSPS) is 26.6. The van der Waals surface area contributed by atoms with E-state index in [4.69, 9.17) is 0 Å². The third kappa shape index (κ3) is 4.00. The molecule has 5 rings (SSSR count). The molecule has 25 heavy (non-hydrogen) atoms. The Morgan fingerprint density at radius 3 is 2.48 bits per heavy atom. The van der Waals surface area contributed by atoms with Gasteiger partial charge in [0.25, 0.3) is 0 Å². The molecule has 0 aromatic heterocycles. The Morgan fingerprint density at radius 2 is 1.80 bits per heavy atom. The van der Waals surface area contributed by atoms with Gasteiger partial charge in [0.15, 0.2) is 0 Å². The molecule has 136 valence electrons. The van der Waals surface area contributed by atoms with Crippen LogP contribution in [0.3, 0.4) is 0 Å². The van der Waals surface area contributed by atoms with Gasteiger partial charge in [-0.25, -0.2) is 0 Å². The van der Waals surface area contributed by atoms with Crippen molar-refractivity contribution in [3.8, 4) is 0 Å². The highest BCUT2D eigenvalue weighted by molar-refractivity contribution is 5.79. The van der Waals surface area contributed by atoms with Gasteiger partial charge in [-0.05, 0) is 55.2 Å². The van der Waals surface area contributed by atoms with Gasteiger partial charge < -0.3 is 9.80 Å². The van der Waals surface area contributed by atoms with E-state index in [1.807, 2.05) is 14.1 Å². The highest BCUT2D eigenvalue weighted by Crippen LogP contribution is 2.35. The zero-order chi connectivity index (χ0) is 17.4. The van der Waals surface area contributed by atoms with Crippen molar-refractivity contribution in [1.29, 1.82) is 0 Å². The first-order valence-electron chi connectivity index (χ1n) is 9.86. The van der Waals surface area contributed by atoms with E-state index in [0.717, 1.165) is 24.6 Å². The third-order valence-corrected chi connectivity index (χ3v) is 6.18. The summed E-state index contributed by atoms with van der Waals surface area (Å²) in [6, 6.07) is 9.00. The Hall–Kier alpha value is -1.55. The molecular weight excluding hydrogens is 310 g/mol. The number of carbonyl (C=O) groups is 1. The maximum Gasteiger partial charge on any atom is 0.227 e. The summed E-state index contributed by atoms with van der Waals surface area (Å²) in [7, 11) is 4.08. The Balaban J connectivity index is 1.38. The summed E-state index contributed by atoms with van der Waals surface area (Å²) in [5.41, 5.74) is 2.31. The molecule has 0 N–H and O–H groups in total. The van der Waals surface area contributed by atoms with E-state index >= 15 is 0 Å². The van der Waals surface area contributed by atoms with Gasteiger partial charge in [-0.15, -0.1) is 0 Å². The molecule has 3 aliphatic heterocycles. The Kier molecular flexibility index (Phi) is 4.72. The minimum Gasteiger partial charge on any atom is -0.378 e. The Bertz CT molecular complexity index is 608. The van der Waals surface area contributed by atoms with Crippen molar-refractivity contribution in [3.05, 3.63) is 29.8 Å². The number of carbonyl (C=O) groups excluding carboxylic acids is 1. The molecule has 0 radical (unpaired) electrons. The summed E-state index contributed by atoms with van der Waals surface area (Å²) in [4.78, 5) is 19.8. The summed E-state index contributed by atoms with van der Waals surface area (Å²) in [5.74, 6) is 1.93. The fourth-order valence-electron chi connectivity index (χ4n) is 4.44. The van der Waals surface area contributed by atoms with Gasteiger partial charge in [-0.3, -0.25) is 9.69 Å². The molecule has 1 aromatic rings. The number of amides is 1. The molecule has 4 aliphatic rings. The molecule has 2 bridgehead atoms. The van der Waals surface area contributed by atoms with E-state index in [2.05, 4.69) is 39.0 Å². The van der Waals surface area contributed by atoms with Gasteiger partial charge in [0, 0.05) is 52.0 Å². The van der Waals surface area contributed by atoms with E-state index in [0.29, 0.717) is 24.3 Å². The molecule has 1 aromatic carbocycles. The molecule has 3 heterocycles. The molecule has 4 nitrogen and oxygen atoms in total. The van der Waals surface area contributed by atoms with Crippen LogP contribution in [0.5, 0.6) is 0 Å². The molecule has 0 spiro atoms. The monoisotopic (exact) mass is 341 g/mol. The molecular formula is C21H31N3O. The lowest BCUT2D eigenvalue weighted by Crippen LogP contribution is -2.45. The molecule has 1 aliphatic carbocycles. The number of nitrogens with zero attached hydrogens (tertiary/aromatic N) is 3. The highest BCUT2D eigenvalue weighted by atomic mass is 16.2. The van der Waals surface area contributed by atoms with Crippen LogP contribution in [0, 0.1) is 11.8 Å². The fraction of sp³-hybridized carbons (Fsp3) is 0.667. The first-order valence-corrected chi connectivity index (χ1v) is 9.86. The van der Waals surface area contributed by atoms with E-state index in [1.165, 1.54) is 44.5 Å². The van der Waals surface area contributed by atoms with Gasteiger partial charge in [-0.2, -0.15) is 0 Å². The summed E-state index contributed by atoms with van der Waals surface area (Å²) in [6.07, 6.45) is 5.95. The van der Waals surface area contributed by atoms with Crippen LogP contribution in [0.15, 0.2) is 24.3 Å². The zero-order valence-electron chi connectivity index (χ0n) is 15.7. The van der Waals surface area contributed by atoms with Gasteiger partial charge in [-0.1, -0.05) is 12.1 Å². The predicted octanol–water partition coefficient (Wildman–Crippen LogP) is 2.63. The molecule has 4 heteroatoms. The second-order valence-electron chi connectivity index (χ2n) is 8.53. The van der Waals surface area contributed by atoms with E-state index in [-0.39, 0.29) is 0 Å². The van der Waals surface area contributed by atoms with Crippen LogP contribution in [-0.4, -0.2) is 62.0 Å². The quantitative estimate of drug-likeness (QED) is 0.824. The van der Waals surface area contributed by atoms with Crippen molar-refractivity contribution in [1.82, 2.24) is 9.80 Å². The third-order valence-electron chi connectivity index (χ3n) is 6.18. The number of benzene rings is 1. The van der Waals surface area contributed by atoms with Crippen molar-refractivity contribution in [2.45, 2.75) is 38.1 Å². The predicted molar refractivity (Wildman–Crippen MR) is 102 cm³/mol. The lowest BCUT2D eigenvalue weighted by Gasteiger charge is -2.36. The SMILES string of the molecule is CN(C)c1ccc(CC(=O)N2C[C@@H]3CC[C@H](C2)N(CC2CC2)C3)cc1. The van der Waals surface area contributed by atoms with Gasteiger partial charge in [0.2, 0.25) is 5.91 Å². The van der Waals surface area contributed by atoms with Crippen LogP contribution in [0.4, 0.5) is 5.69 Å². The van der Waals surface area contributed by atoms with Gasteiger partial charge >= 0.3 is 0 Å². The lowest BCUT2D eigenvalue weighted by atomic mass is 9.95. The van der Waals surface area contributed by atoms with Gasteiger partial charge in [0.05, 0.1) is 6.42 Å². The van der Waals surface area contributed by atoms with Gasteiger partial charge in [0.1, 0.15) is 0 Å². The zero-order valence-corrected chi connectivity index (χ0v) is 15.7. The number of anilines is 1. The topological polar surface area (TPSA) is 26.8 Å². The van der Waals surface area contributed by atoms with Crippen LogP contribution in [0.25, 0.3) is 0 Å². The number of hydrogen-bond donors (Lipinski definition) is 0. The first kappa shape index (κ1) is 16.9. The Morgan fingerprint density at radius 1 is 1.04 bits per heavy atom. The van der Waals surface area contributed by atoms with Crippen LogP contribution >= 0.6 is 0 Å². The van der Waals surface area contributed by atoms with Crippen molar-refractivity contribution < 1.29 is 4.79 Å². The standard InChI is InChI=1S/C21H31N3O/c1-22(2)19-8-5-16(6-9-19)11-21(25)24-14-18-7-10-20(15-24)23(13-18)12-17-3-4-17/h5-6,8-9,17-18,20H,3-4,7,10-15H2,1-2H3/t18-,20-/m1/s1. The maximum atomic E-state index is 12.9. The maximum absolute atomic E-state index is 12.9. The van der Waals surface area contributed by atoms with Crippen molar-refractivity contribution in [2.24, 2.45) is 11.8 Å². The van der Waals surface area contributed by atoms with Crippen LogP contribution in [0.1, 0.15) is 31.2 Å². The fourth-order valence-corrected chi connectivity index (χ4v) is 4.44. The minimum atomic E-state index is 0.308. The second-order valence-corrected chi connectivity index (χ2v) is 8.53. The Labute approximate surface area is 151 Å². The second kappa shape index (κ2) is 6.99. The number of hydrogen-bond acceptors (Lipinski definition) is 3. The number of rotatable bonds is 5. The van der Waals surface area contributed by atoms with E-state index < -0.39 is 0 Å². The van der Waals surface area contributed by atoms with Crippen LogP contribution < -0.4 is 4.90 Å². The van der Waals surface area contributed by atoms with E-state index in [1.54, 1.807) is 0 Å². The molecule has 3 saturated heterocycles. The molecule has 0 unspecified atom stereocenters. The lowest BCUT2D eigenvalue weighted by molar-refractivity contribution is -0.130. The van der Waals surface area contributed by atoms with Crippen LogP contribution in [-0.2, 0) is 11.2 Å². The molecule has 2 atom stereocenters. The van der Waals surface area contributed by atoms with E-state index in [9.17, 15) is 4.79 Å². The largest absolute Gasteiger partial charge is 0.378 e. The molecule has 4 fully saturated rings. The summed E-state index contributed by atoms with van der Waals surface area (Å²) >= 11 is 0. The number of piperidine rings is 1. The summed E-state index contributed by atoms with van der Waals surface area (Å²) in [5, 5.41) is 0. The highest BCUT2D eigenvalue weighted by Gasteiger charge is 2.38. The summed E-state index contributed by atoms with van der Waals surface area (Å²) < 4.78 is 0. The van der Waals surface area contributed by atoms with Crippen molar-refractivity contribution in [2.75, 3.05) is 45.2 Å². The number of fused-ring (bicyclic) bond motifs is 4. The van der Waals surface area contributed by atoms with Crippen molar-refractivity contribution >= 4 is 11.6 Å². The minimum absolute atomic E-state index is 0.308. The molecule has 1 amide bonds. The molecule has 1 saturated carbocycles. The first-order chi connectivity index (χ1) is 12.1.